The predicted octanol–water partition coefficient (Wildman–Crippen LogP) is 4.97. The molecule has 0 spiro atoms. The monoisotopic (exact) mass is 437 g/mol. The molecule has 4 rings (SSSR count). The largest absolute Gasteiger partial charge is 0.494 e. The number of hydrogen-bond acceptors (Lipinski definition) is 5. The standard InChI is InChI=1S/C27H23N3O3/c1-4-33-23-13-9-21(10-14-23)29-25-24(20-8-5-17(2)18(3)15-20)26(31)30(27(25)32)22-11-6-19(16-28)7-12-22/h5-15,29H,4H2,1-3H3. The van der Waals surface area contributed by atoms with Crippen LogP contribution in [0.15, 0.2) is 72.4 Å². The third-order valence-corrected chi connectivity index (χ3v) is 5.57. The van der Waals surface area contributed by atoms with Gasteiger partial charge >= 0.3 is 0 Å². The van der Waals surface area contributed by atoms with Crippen molar-refractivity contribution < 1.29 is 14.3 Å². The predicted molar refractivity (Wildman–Crippen MR) is 128 cm³/mol. The lowest BCUT2D eigenvalue weighted by molar-refractivity contribution is -0.120. The fraction of sp³-hybridized carbons (Fsp3) is 0.148. The summed E-state index contributed by atoms with van der Waals surface area (Å²) < 4.78 is 5.49. The maximum atomic E-state index is 13.5. The van der Waals surface area contributed by atoms with E-state index >= 15 is 0 Å². The number of benzene rings is 3. The third-order valence-electron chi connectivity index (χ3n) is 5.57. The molecule has 0 atom stereocenters. The Hall–Kier alpha value is -4.37. The summed E-state index contributed by atoms with van der Waals surface area (Å²) in [6.07, 6.45) is 0. The van der Waals surface area contributed by atoms with E-state index in [2.05, 4.69) is 5.32 Å². The van der Waals surface area contributed by atoms with Gasteiger partial charge in [-0.1, -0.05) is 18.2 Å². The fourth-order valence-corrected chi connectivity index (χ4v) is 3.68. The quantitative estimate of drug-likeness (QED) is 0.551. The van der Waals surface area contributed by atoms with E-state index in [0.29, 0.717) is 34.7 Å². The van der Waals surface area contributed by atoms with E-state index in [4.69, 9.17) is 10.00 Å². The zero-order valence-corrected chi connectivity index (χ0v) is 18.7. The first-order chi connectivity index (χ1) is 15.9. The van der Waals surface area contributed by atoms with Gasteiger partial charge in [-0.25, -0.2) is 4.90 Å². The number of anilines is 2. The Morgan fingerprint density at radius 2 is 1.61 bits per heavy atom. The fourth-order valence-electron chi connectivity index (χ4n) is 3.68. The molecule has 1 N–H and O–H groups in total. The third kappa shape index (κ3) is 4.21. The molecule has 1 heterocycles. The van der Waals surface area contributed by atoms with Crippen molar-refractivity contribution in [3.8, 4) is 11.8 Å². The number of aryl methyl sites for hydroxylation is 2. The van der Waals surface area contributed by atoms with Crippen molar-refractivity contribution in [1.82, 2.24) is 0 Å². The molecule has 1 aliphatic heterocycles. The molecular formula is C27H23N3O3. The van der Waals surface area contributed by atoms with Crippen molar-refractivity contribution in [1.29, 1.82) is 5.26 Å². The summed E-state index contributed by atoms with van der Waals surface area (Å²) in [5.41, 5.74) is 4.83. The van der Waals surface area contributed by atoms with Gasteiger partial charge in [-0.15, -0.1) is 0 Å². The molecule has 0 unspecified atom stereocenters. The maximum Gasteiger partial charge on any atom is 0.282 e. The number of nitrogens with one attached hydrogen (secondary N) is 1. The molecule has 0 fully saturated rings. The summed E-state index contributed by atoms with van der Waals surface area (Å²) in [6.45, 7) is 6.44. The molecular weight excluding hydrogens is 414 g/mol. The highest BCUT2D eigenvalue weighted by Gasteiger charge is 2.40. The van der Waals surface area contributed by atoms with E-state index in [9.17, 15) is 9.59 Å². The zero-order valence-electron chi connectivity index (χ0n) is 18.7. The van der Waals surface area contributed by atoms with Gasteiger partial charge in [-0.2, -0.15) is 5.26 Å². The molecule has 0 aliphatic carbocycles. The van der Waals surface area contributed by atoms with E-state index in [0.717, 1.165) is 21.8 Å². The highest BCUT2D eigenvalue weighted by molar-refractivity contribution is 6.46. The van der Waals surface area contributed by atoms with Crippen molar-refractivity contribution in [2.45, 2.75) is 20.8 Å². The molecule has 3 aromatic rings. The van der Waals surface area contributed by atoms with Gasteiger partial charge in [-0.05, 0) is 86.0 Å². The lowest BCUT2D eigenvalue weighted by atomic mass is 9.99. The molecule has 6 nitrogen and oxygen atoms in total. The number of nitriles is 1. The molecule has 0 saturated heterocycles. The van der Waals surface area contributed by atoms with Gasteiger partial charge in [0.15, 0.2) is 0 Å². The molecule has 0 radical (unpaired) electrons. The van der Waals surface area contributed by atoms with Gasteiger partial charge < -0.3 is 10.1 Å². The first-order valence-electron chi connectivity index (χ1n) is 10.6. The summed E-state index contributed by atoms with van der Waals surface area (Å²) in [5, 5.41) is 12.2. The van der Waals surface area contributed by atoms with E-state index in [1.165, 1.54) is 0 Å². The van der Waals surface area contributed by atoms with Gasteiger partial charge in [0.25, 0.3) is 11.8 Å². The van der Waals surface area contributed by atoms with Gasteiger partial charge in [0.05, 0.1) is 29.5 Å². The van der Waals surface area contributed by atoms with Gasteiger partial charge in [0.2, 0.25) is 0 Å². The minimum atomic E-state index is -0.452. The number of ether oxygens (including phenoxy) is 1. The van der Waals surface area contributed by atoms with Gasteiger partial charge in [0.1, 0.15) is 11.4 Å². The van der Waals surface area contributed by atoms with Crippen molar-refractivity contribution in [2.24, 2.45) is 0 Å². The van der Waals surface area contributed by atoms with Crippen LogP contribution in [0.2, 0.25) is 0 Å². The lowest BCUT2D eigenvalue weighted by Gasteiger charge is -2.15. The average molecular weight is 437 g/mol. The Morgan fingerprint density at radius 3 is 2.21 bits per heavy atom. The SMILES string of the molecule is CCOc1ccc(NC2=C(c3ccc(C)c(C)c3)C(=O)N(c3ccc(C#N)cc3)C2=O)cc1. The molecule has 0 saturated carbocycles. The van der Waals surface area contributed by atoms with Gasteiger partial charge in [0, 0.05) is 5.69 Å². The number of rotatable bonds is 6. The topological polar surface area (TPSA) is 82.4 Å². The van der Waals surface area contributed by atoms with Crippen LogP contribution in [0, 0.1) is 25.2 Å². The Kier molecular flexibility index (Phi) is 5.97. The highest BCUT2D eigenvalue weighted by Crippen LogP contribution is 2.34. The van der Waals surface area contributed by atoms with Crippen molar-refractivity contribution >= 4 is 28.8 Å². The average Bonchev–Trinajstić information content (AvgIpc) is 3.06. The normalized spacial score (nSPS) is 13.3. The molecule has 0 bridgehead atoms. The lowest BCUT2D eigenvalue weighted by Crippen LogP contribution is -2.32. The number of nitrogens with zero attached hydrogens (tertiary/aromatic N) is 2. The van der Waals surface area contributed by atoms with Crippen LogP contribution in [0.4, 0.5) is 11.4 Å². The number of amides is 2. The van der Waals surface area contributed by atoms with E-state index in [1.807, 2.05) is 57.2 Å². The zero-order chi connectivity index (χ0) is 23.5. The molecule has 2 amide bonds. The van der Waals surface area contributed by atoms with Gasteiger partial charge in [-0.3, -0.25) is 9.59 Å². The van der Waals surface area contributed by atoms with Crippen LogP contribution in [0.25, 0.3) is 5.57 Å². The summed E-state index contributed by atoms with van der Waals surface area (Å²) >= 11 is 0. The molecule has 0 aromatic heterocycles. The Labute approximate surface area is 192 Å². The first kappa shape index (κ1) is 21.8. The summed E-state index contributed by atoms with van der Waals surface area (Å²) in [7, 11) is 0. The Morgan fingerprint density at radius 1 is 0.909 bits per heavy atom. The Balaban J connectivity index is 1.78. The molecule has 1 aliphatic rings. The van der Waals surface area contributed by atoms with E-state index < -0.39 is 11.8 Å². The van der Waals surface area contributed by atoms with E-state index in [1.54, 1.807) is 36.4 Å². The smallest absolute Gasteiger partial charge is 0.282 e. The number of imide groups is 1. The summed E-state index contributed by atoms with van der Waals surface area (Å²) in [6, 6.07) is 21.4. The first-order valence-corrected chi connectivity index (χ1v) is 10.6. The van der Waals surface area contributed by atoms with Crippen LogP contribution in [-0.2, 0) is 9.59 Å². The summed E-state index contributed by atoms with van der Waals surface area (Å²) in [5.74, 6) is -0.146. The molecule has 164 valence electrons. The molecule has 33 heavy (non-hydrogen) atoms. The van der Waals surface area contributed by atoms with Crippen LogP contribution >= 0.6 is 0 Å². The van der Waals surface area contributed by atoms with Crippen molar-refractivity contribution in [3.05, 3.63) is 94.7 Å². The number of hydrogen-bond donors (Lipinski definition) is 1. The second kappa shape index (κ2) is 9.01. The Bertz CT molecular complexity index is 1300. The van der Waals surface area contributed by atoms with Crippen LogP contribution in [0.5, 0.6) is 5.75 Å². The molecule has 6 heteroatoms. The minimum absolute atomic E-state index is 0.205. The van der Waals surface area contributed by atoms with E-state index in [-0.39, 0.29) is 5.70 Å². The van der Waals surface area contributed by atoms with Crippen LogP contribution in [0.3, 0.4) is 0 Å². The number of carbonyl (C=O) groups excluding carboxylic acids is 2. The second-order valence-electron chi connectivity index (χ2n) is 7.74. The van der Waals surface area contributed by atoms with Crippen molar-refractivity contribution in [2.75, 3.05) is 16.8 Å². The maximum absolute atomic E-state index is 13.5. The summed E-state index contributed by atoms with van der Waals surface area (Å²) in [4.78, 5) is 28.1. The van der Waals surface area contributed by atoms with Crippen LogP contribution in [-0.4, -0.2) is 18.4 Å². The van der Waals surface area contributed by atoms with Crippen LogP contribution < -0.4 is 15.0 Å². The van der Waals surface area contributed by atoms with Crippen LogP contribution in [0.1, 0.15) is 29.2 Å². The van der Waals surface area contributed by atoms with Crippen molar-refractivity contribution in [3.63, 3.8) is 0 Å². The minimum Gasteiger partial charge on any atom is -0.494 e. The second-order valence-corrected chi connectivity index (χ2v) is 7.74. The highest BCUT2D eigenvalue weighted by atomic mass is 16.5. The molecule has 3 aromatic carbocycles. The number of carbonyl (C=O) groups is 2.